The lowest BCUT2D eigenvalue weighted by Crippen LogP contribution is -2.71. The fraction of sp³-hybridized carbons (Fsp3) is 0.368. The Hall–Kier alpha value is -3.93. The van der Waals surface area contributed by atoms with Crippen LogP contribution in [0.15, 0.2) is 83.3 Å². The number of hydrogen-bond donors (Lipinski definition) is 2. The molecule has 3 aromatic carbocycles. The first-order valence-electron chi connectivity index (χ1n) is 16.1. The molecular weight excluding hydrogens is 594 g/mol. The van der Waals surface area contributed by atoms with E-state index in [0.29, 0.717) is 40.3 Å². The number of rotatable bonds is 12. The molecule has 2 N–H and O–H groups in total. The van der Waals surface area contributed by atoms with E-state index in [4.69, 9.17) is 16.0 Å². The molecule has 46 heavy (non-hydrogen) atoms. The van der Waals surface area contributed by atoms with E-state index in [9.17, 15) is 10.1 Å². The third kappa shape index (κ3) is 7.54. The Morgan fingerprint density at radius 2 is 1.76 bits per heavy atom. The summed E-state index contributed by atoms with van der Waals surface area (Å²) in [4.78, 5) is 18.6. The highest BCUT2D eigenvalue weighted by atomic mass is 35.5. The van der Waals surface area contributed by atoms with Gasteiger partial charge >= 0.3 is 0 Å². The first-order valence-corrected chi connectivity index (χ1v) is 16.5. The Morgan fingerprint density at radius 1 is 1.02 bits per heavy atom. The number of furan rings is 1. The molecule has 0 bridgehead atoms. The van der Waals surface area contributed by atoms with E-state index in [2.05, 4.69) is 71.7 Å². The number of halogens is 1. The van der Waals surface area contributed by atoms with Crippen LogP contribution in [0.25, 0.3) is 11.3 Å². The summed E-state index contributed by atoms with van der Waals surface area (Å²) >= 11 is 6.59. The normalized spacial score (nSPS) is 17.1. The van der Waals surface area contributed by atoms with E-state index < -0.39 is 0 Å². The van der Waals surface area contributed by atoms with Gasteiger partial charge in [-0.2, -0.15) is 5.26 Å². The van der Waals surface area contributed by atoms with Crippen molar-refractivity contribution in [3.05, 3.63) is 117 Å². The predicted octanol–water partition coefficient (Wildman–Crippen LogP) is 6.61. The minimum atomic E-state index is -0.202. The first-order chi connectivity index (χ1) is 22.2. The van der Waals surface area contributed by atoms with Gasteiger partial charge in [-0.05, 0) is 87.3 Å². The summed E-state index contributed by atoms with van der Waals surface area (Å²) in [5, 5.41) is 16.4. The van der Waals surface area contributed by atoms with Crippen LogP contribution < -0.4 is 10.6 Å². The molecule has 7 nitrogen and oxygen atoms in total. The highest BCUT2D eigenvalue weighted by molar-refractivity contribution is 6.34. The van der Waals surface area contributed by atoms with Gasteiger partial charge in [0.25, 0.3) is 5.91 Å². The van der Waals surface area contributed by atoms with E-state index in [1.54, 1.807) is 6.07 Å². The first kappa shape index (κ1) is 32.0. The summed E-state index contributed by atoms with van der Waals surface area (Å²) in [6.07, 6.45) is 1.50. The van der Waals surface area contributed by atoms with Crippen LogP contribution in [0.1, 0.15) is 57.8 Å². The minimum absolute atomic E-state index is 0.0856. The van der Waals surface area contributed by atoms with E-state index in [-0.39, 0.29) is 18.0 Å². The van der Waals surface area contributed by atoms with Crippen LogP contribution in [0.5, 0.6) is 0 Å². The lowest BCUT2D eigenvalue weighted by Gasteiger charge is -2.60. The molecule has 2 fully saturated rings. The quantitative estimate of drug-likeness (QED) is 0.182. The van der Waals surface area contributed by atoms with Gasteiger partial charge < -0.3 is 24.9 Å². The van der Waals surface area contributed by atoms with Crippen molar-refractivity contribution in [1.82, 2.24) is 20.4 Å². The monoisotopic (exact) mass is 635 g/mol. The average Bonchev–Trinajstić information content (AvgIpc) is 3.50. The van der Waals surface area contributed by atoms with Crippen molar-refractivity contribution in [2.75, 3.05) is 39.8 Å². The van der Waals surface area contributed by atoms with E-state index in [0.717, 1.165) is 42.9 Å². The molecule has 0 radical (unpaired) electrons. The van der Waals surface area contributed by atoms with Gasteiger partial charge in [0.05, 0.1) is 28.8 Å². The van der Waals surface area contributed by atoms with Crippen LogP contribution in [0.3, 0.4) is 0 Å². The molecule has 2 aliphatic heterocycles. The summed E-state index contributed by atoms with van der Waals surface area (Å²) in [5.74, 6) is 1.30. The molecule has 2 atom stereocenters. The Morgan fingerprint density at radius 3 is 2.46 bits per heavy atom. The zero-order valence-electron chi connectivity index (χ0n) is 26.9. The lowest BCUT2D eigenvalue weighted by molar-refractivity contribution is -0.104. The number of nitriles is 1. The summed E-state index contributed by atoms with van der Waals surface area (Å²) in [5.41, 5.74) is 5.87. The van der Waals surface area contributed by atoms with Crippen LogP contribution in [0, 0.1) is 23.7 Å². The van der Waals surface area contributed by atoms with E-state index >= 15 is 0 Å². The molecule has 3 heterocycles. The Balaban J connectivity index is 1.10. The Labute approximate surface area is 277 Å². The molecule has 2 aliphatic rings. The van der Waals surface area contributed by atoms with Crippen LogP contribution >= 0.6 is 11.6 Å². The van der Waals surface area contributed by atoms with Gasteiger partial charge in [-0.3, -0.25) is 4.79 Å². The molecule has 2 unspecified atom stereocenters. The largest absolute Gasteiger partial charge is 0.460 e. The van der Waals surface area contributed by atoms with Crippen LogP contribution in [0.4, 0.5) is 0 Å². The zero-order chi connectivity index (χ0) is 32.3. The van der Waals surface area contributed by atoms with E-state index in [1.807, 2.05) is 48.5 Å². The molecule has 0 saturated carbocycles. The second-order valence-electron chi connectivity index (χ2n) is 13.3. The fourth-order valence-electron chi connectivity index (χ4n) is 6.89. The van der Waals surface area contributed by atoms with E-state index in [1.165, 1.54) is 24.2 Å². The molecule has 1 aromatic heterocycles. The van der Waals surface area contributed by atoms with Gasteiger partial charge in [-0.15, -0.1) is 0 Å². The smallest absolute Gasteiger partial charge is 0.253 e. The number of nitrogens with one attached hydrogen (secondary N) is 2. The van der Waals surface area contributed by atoms with Crippen molar-refractivity contribution < 1.29 is 9.21 Å². The number of aryl methyl sites for hydroxylation is 1. The lowest BCUT2D eigenvalue weighted by atomic mass is 9.73. The molecule has 238 valence electrons. The second-order valence-corrected chi connectivity index (χ2v) is 13.7. The SMILES string of the molecule is Cc1ccc(C(C)NCc2ccc(-c3ccc(Cl)c(C(=O)NC(CCN4CC5(CN(C)C5)C4)Cc4ccc(C#N)cc4)c3)o2)cc1. The second kappa shape index (κ2) is 13.8. The fourth-order valence-corrected chi connectivity index (χ4v) is 7.10. The topological polar surface area (TPSA) is 84.5 Å². The van der Waals surface area contributed by atoms with Crippen molar-refractivity contribution in [3.8, 4) is 17.4 Å². The van der Waals surface area contributed by atoms with Gasteiger partial charge in [0.15, 0.2) is 0 Å². The maximum absolute atomic E-state index is 13.7. The minimum Gasteiger partial charge on any atom is -0.460 e. The number of hydrogen-bond acceptors (Lipinski definition) is 6. The average molecular weight is 636 g/mol. The summed E-state index contributed by atoms with van der Waals surface area (Å²) in [7, 11) is 2.17. The van der Waals surface area contributed by atoms with Gasteiger partial charge in [-0.25, -0.2) is 0 Å². The zero-order valence-corrected chi connectivity index (χ0v) is 27.6. The van der Waals surface area contributed by atoms with Crippen LogP contribution in [-0.4, -0.2) is 61.5 Å². The number of benzene rings is 3. The van der Waals surface area contributed by atoms with Gasteiger partial charge in [-0.1, -0.05) is 53.6 Å². The molecule has 0 aliphatic carbocycles. The summed E-state index contributed by atoms with van der Waals surface area (Å²) < 4.78 is 6.18. The van der Waals surface area contributed by atoms with Gasteiger partial charge in [0.1, 0.15) is 11.5 Å². The molecule has 4 aromatic rings. The molecule has 1 amide bonds. The van der Waals surface area contributed by atoms with Gasteiger partial charge in [0.2, 0.25) is 0 Å². The third-order valence-corrected chi connectivity index (χ3v) is 9.67. The summed E-state index contributed by atoms with van der Waals surface area (Å²) in [6, 6.07) is 27.8. The standard InChI is InChI=1S/C38H42ClN5O2/c1-26-4-10-30(11-5-26)27(2)41-21-33-13-15-36(46-33)31-12-14-35(39)34(19-31)37(45)42-32(18-28-6-8-29(20-40)9-7-28)16-17-44-24-38(25-44)22-43(3)23-38/h4-15,19,27,32,41H,16-18,21-25H2,1-3H3,(H,42,45). The van der Waals surface area contributed by atoms with Crippen molar-refractivity contribution in [3.63, 3.8) is 0 Å². The highest BCUT2D eigenvalue weighted by Crippen LogP contribution is 2.38. The van der Waals surface area contributed by atoms with Crippen LogP contribution in [0.2, 0.25) is 5.02 Å². The number of likely N-dealkylation sites (tertiary alicyclic amines) is 2. The molecule has 8 heteroatoms. The van der Waals surface area contributed by atoms with Crippen molar-refractivity contribution in [2.45, 2.75) is 45.3 Å². The van der Waals surface area contributed by atoms with Crippen molar-refractivity contribution in [2.24, 2.45) is 5.41 Å². The van der Waals surface area contributed by atoms with Gasteiger partial charge in [0, 0.05) is 55.8 Å². The number of carbonyl (C=O) groups excluding carboxylic acids is 1. The van der Waals surface area contributed by atoms with Crippen molar-refractivity contribution >= 4 is 17.5 Å². The maximum atomic E-state index is 13.7. The summed E-state index contributed by atoms with van der Waals surface area (Å²) in [6.45, 7) is 10.3. The third-order valence-electron chi connectivity index (χ3n) is 9.34. The van der Waals surface area contributed by atoms with Crippen LogP contribution in [-0.2, 0) is 13.0 Å². The highest BCUT2D eigenvalue weighted by Gasteiger charge is 2.49. The number of carbonyl (C=O) groups is 1. The molecular formula is C38H42ClN5O2. The molecule has 6 rings (SSSR count). The predicted molar refractivity (Wildman–Crippen MR) is 183 cm³/mol. The Bertz CT molecular complexity index is 1690. The van der Waals surface area contributed by atoms with Crippen molar-refractivity contribution in [1.29, 1.82) is 5.26 Å². The maximum Gasteiger partial charge on any atom is 0.253 e. The number of amides is 1. The molecule has 1 spiro atoms. The Kier molecular flexibility index (Phi) is 9.62. The number of nitrogens with zero attached hydrogens (tertiary/aromatic N) is 3. The molecule has 2 saturated heterocycles.